The molecule has 11 heavy (non-hydrogen) atoms. The number of phosphoric acid groups is 1. The van der Waals surface area contributed by atoms with Crippen LogP contribution in [0.25, 0.3) is 0 Å². The zero-order valence-electron chi connectivity index (χ0n) is 5.47. The van der Waals surface area contributed by atoms with Gasteiger partial charge in [-0.05, 0) is 0 Å². The Kier molecular flexibility index (Phi) is 13.3. The van der Waals surface area contributed by atoms with Crippen molar-refractivity contribution in [1.82, 2.24) is 0 Å². The van der Waals surface area contributed by atoms with Crippen LogP contribution in [-0.2, 0) is 9.36 Å². The van der Waals surface area contributed by atoms with E-state index in [1.165, 1.54) is 0 Å². The molecule has 0 aliphatic heterocycles. The van der Waals surface area contributed by atoms with Gasteiger partial charge in [0.2, 0.25) is 0 Å². The first kappa shape index (κ1) is 17.4. The Morgan fingerprint density at radius 2 is 1.64 bits per heavy atom. The van der Waals surface area contributed by atoms with Gasteiger partial charge in [-0.25, -0.2) is 0 Å². The van der Waals surface area contributed by atoms with E-state index in [1.807, 2.05) is 0 Å². The van der Waals surface area contributed by atoms with Crippen molar-refractivity contribution in [1.29, 1.82) is 0 Å². The topological polar surface area (TPSA) is 147 Å². The summed E-state index contributed by atoms with van der Waals surface area (Å²) in [6, 6.07) is 0. The van der Waals surface area contributed by atoms with Crippen LogP contribution in [0.5, 0.6) is 0 Å². The molecule has 0 aliphatic carbocycles. The van der Waals surface area contributed by atoms with Gasteiger partial charge in [-0.3, -0.25) is 4.79 Å². The maximum atomic E-state index is 9.24. The summed E-state index contributed by atoms with van der Waals surface area (Å²) in [6.07, 6.45) is 0. The molecule has 0 atom stereocenters. The summed E-state index contributed by atoms with van der Waals surface area (Å²) in [5.41, 5.74) is 4.57. The average molecular weight is 195 g/mol. The van der Waals surface area contributed by atoms with Crippen LogP contribution >= 0.6 is 7.82 Å². The molecule has 9 heteroatoms. The largest absolute Gasteiger partial charge is 2.00 e. The number of carboxylic acid groups (broad SMARTS) is 1. The summed E-state index contributed by atoms with van der Waals surface area (Å²) in [5.74, 6) is -0.968. The van der Waals surface area contributed by atoms with Crippen molar-refractivity contribution >= 4 is 36.8 Å². The molecule has 0 fully saturated rings. The first-order chi connectivity index (χ1) is 4.27. The third kappa shape index (κ3) is 134. The number of hydrogen-bond donors (Lipinski definition) is 3. The molecule has 0 amide bonds. The molecule has 0 spiro atoms. The normalized spacial score (nSPS) is 8.73. The van der Waals surface area contributed by atoms with Gasteiger partial charge >= 0.3 is 29.0 Å². The van der Waals surface area contributed by atoms with Gasteiger partial charge in [0.25, 0.3) is 0 Å². The monoisotopic (exact) mass is 195 g/mol. The van der Waals surface area contributed by atoms with Crippen molar-refractivity contribution in [3.05, 3.63) is 0 Å². The zero-order valence-corrected chi connectivity index (χ0v) is 7.77. The molecule has 0 aromatic rings. The first-order valence-corrected chi connectivity index (χ1v) is 3.43. The van der Waals surface area contributed by atoms with Crippen molar-refractivity contribution in [2.45, 2.75) is 0 Å². The fraction of sp³-hybridized carbons (Fsp3) is 0.500. The molecule has 0 aromatic heterocycles. The molecule has 7 nitrogen and oxygen atoms in total. The van der Waals surface area contributed by atoms with E-state index in [4.69, 9.17) is 24.4 Å². The van der Waals surface area contributed by atoms with Crippen LogP contribution in [0.15, 0.2) is 0 Å². The van der Waals surface area contributed by atoms with E-state index >= 15 is 0 Å². The molecule has 0 aromatic carbocycles. The SMILES string of the molecule is NCC(=O)O.O=P([O-])([O-])O.[Mg+2]. The minimum Gasteiger partial charge on any atom is -0.790 e. The van der Waals surface area contributed by atoms with Crippen molar-refractivity contribution in [2.75, 3.05) is 6.54 Å². The standard InChI is InChI=1S/C2H5NO2.Mg.H3O4P/c3-1-2(4)5;;1-5(2,3)4/h1,3H2,(H,4,5);;(H3,1,2,3,4)/q;+2;/p-2. The van der Waals surface area contributed by atoms with E-state index in [0.29, 0.717) is 0 Å². The number of carboxylic acids is 1. The maximum absolute atomic E-state index is 9.24. The number of aliphatic carboxylic acids is 1. The molecular formula is C2H6MgNO6P. The summed E-state index contributed by atoms with van der Waals surface area (Å²) < 4.78 is 8.66. The van der Waals surface area contributed by atoms with Crippen molar-refractivity contribution < 1.29 is 29.1 Å². The molecule has 0 rings (SSSR count). The van der Waals surface area contributed by atoms with E-state index in [-0.39, 0.29) is 29.6 Å². The number of nitrogens with two attached hydrogens (primary N) is 1. The first-order valence-electron chi connectivity index (χ1n) is 1.94. The van der Waals surface area contributed by atoms with Crippen LogP contribution in [0.2, 0.25) is 0 Å². The fourth-order valence-corrected chi connectivity index (χ4v) is 0. The molecule has 4 N–H and O–H groups in total. The molecule has 0 radical (unpaired) electrons. The smallest absolute Gasteiger partial charge is 0.790 e. The van der Waals surface area contributed by atoms with Gasteiger partial charge in [-0.1, -0.05) is 0 Å². The van der Waals surface area contributed by atoms with Gasteiger partial charge < -0.3 is 30.1 Å². The zero-order chi connectivity index (χ0) is 8.78. The van der Waals surface area contributed by atoms with Gasteiger partial charge in [0.1, 0.15) is 0 Å². The second-order valence-electron chi connectivity index (χ2n) is 1.07. The quantitative estimate of drug-likeness (QED) is 0.290. The Hall–Kier alpha value is 0.306. The minimum absolute atomic E-state index is 0. The average Bonchev–Trinajstić information content (AvgIpc) is 1.61. The minimum atomic E-state index is -5.14. The Labute approximate surface area is 78.6 Å². The maximum Gasteiger partial charge on any atom is 2.00 e. The van der Waals surface area contributed by atoms with Gasteiger partial charge in [0, 0.05) is 0 Å². The van der Waals surface area contributed by atoms with Crippen LogP contribution in [0.1, 0.15) is 0 Å². The second kappa shape index (κ2) is 8.40. The summed E-state index contributed by atoms with van der Waals surface area (Å²) in [7, 11) is -5.14. The Morgan fingerprint density at radius 1 is 1.55 bits per heavy atom. The third-order valence-electron chi connectivity index (χ3n) is 0.175. The van der Waals surface area contributed by atoms with E-state index in [0.717, 1.165) is 0 Å². The van der Waals surface area contributed by atoms with E-state index in [2.05, 4.69) is 5.73 Å². The van der Waals surface area contributed by atoms with Crippen molar-refractivity contribution in [2.24, 2.45) is 5.73 Å². The summed E-state index contributed by atoms with van der Waals surface area (Å²) in [5, 5.41) is 7.60. The van der Waals surface area contributed by atoms with Crippen molar-refractivity contribution in [3.8, 4) is 0 Å². The summed E-state index contributed by atoms with van der Waals surface area (Å²) >= 11 is 0. The van der Waals surface area contributed by atoms with Crippen LogP contribution in [0.4, 0.5) is 0 Å². The Bertz CT molecular complexity index is 135. The predicted molar refractivity (Wildman–Crippen MR) is 32.3 cm³/mol. The van der Waals surface area contributed by atoms with Crippen molar-refractivity contribution in [3.63, 3.8) is 0 Å². The van der Waals surface area contributed by atoms with Gasteiger partial charge in [-0.15, -0.1) is 0 Å². The number of carbonyl (C=O) groups is 1. The molecule has 62 valence electrons. The summed E-state index contributed by atoms with van der Waals surface area (Å²) in [4.78, 5) is 33.5. The number of hydrogen-bond acceptors (Lipinski definition) is 5. The van der Waals surface area contributed by atoms with Gasteiger partial charge in [0.05, 0.1) is 14.4 Å². The van der Waals surface area contributed by atoms with Crippen LogP contribution in [-0.4, -0.2) is 45.6 Å². The molecule has 0 bridgehead atoms. The van der Waals surface area contributed by atoms with Gasteiger partial charge in [-0.2, -0.15) is 0 Å². The van der Waals surface area contributed by atoms with E-state index < -0.39 is 13.8 Å². The predicted octanol–water partition coefficient (Wildman–Crippen LogP) is -3.54. The fourth-order valence-electron chi connectivity index (χ4n) is 0. The summed E-state index contributed by atoms with van der Waals surface area (Å²) in [6.45, 7) is -0.278. The second-order valence-corrected chi connectivity index (χ2v) is 2.00. The third-order valence-corrected chi connectivity index (χ3v) is 0.175. The van der Waals surface area contributed by atoms with Crippen LogP contribution in [0.3, 0.4) is 0 Å². The molecule has 0 unspecified atom stereocenters. The number of rotatable bonds is 1. The molecular weight excluding hydrogens is 189 g/mol. The molecule has 0 aliphatic rings. The Morgan fingerprint density at radius 3 is 1.64 bits per heavy atom. The van der Waals surface area contributed by atoms with Crippen LogP contribution in [0, 0.1) is 0 Å². The molecule has 0 saturated heterocycles. The van der Waals surface area contributed by atoms with E-state index in [9.17, 15) is 4.79 Å². The molecule has 0 heterocycles. The van der Waals surface area contributed by atoms with Gasteiger partial charge in [0.15, 0.2) is 0 Å². The Balaban J connectivity index is -0.000000107. The van der Waals surface area contributed by atoms with E-state index in [1.54, 1.807) is 0 Å². The molecule has 0 saturated carbocycles. The van der Waals surface area contributed by atoms with Crippen LogP contribution < -0.4 is 15.5 Å².